The van der Waals surface area contributed by atoms with Crippen LogP contribution in [0.3, 0.4) is 0 Å². The molecule has 9 heteroatoms. The minimum atomic E-state index is -0.416. The van der Waals surface area contributed by atoms with Crippen LogP contribution in [0.1, 0.15) is 61.0 Å². The van der Waals surface area contributed by atoms with Gasteiger partial charge in [0.05, 0.1) is 17.0 Å². The average Bonchev–Trinajstić information content (AvgIpc) is 3.49. The normalized spacial score (nSPS) is 13.8. The van der Waals surface area contributed by atoms with Gasteiger partial charge in [-0.2, -0.15) is 9.78 Å². The zero-order valence-electron chi connectivity index (χ0n) is 18.3. The van der Waals surface area contributed by atoms with Gasteiger partial charge in [0.1, 0.15) is 10.9 Å². The number of rotatable bonds is 6. The topological polar surface area (TPSA) is 109 Å². The van der Waals surface area contributed by atoms with Gasteiger partial charge in [-0.05, 0) is 55.7 Å². The second kappa shape index (κ2) is 10.0. The number of nitrogens with zero attached hydrogens (tertiary/aromatic N) is 3. The Labute approximate surface area is 197 Å². The Bertz CT molecular complexity index is 1170. The standard InChI is InChI=1S/C24H26ClN5O3/c1-2-11-27-24(33)30-20(15-6-3-4-7-15)14-19(29-30)18-13-16(9-10-21(18)31)28-23(32)17-8-5-12-26-22(17)25/h5,8-10,12-15,31H,2-4,6-7,11H2,1H3,(H,27,33)(H,28,32). The first kappa shape index (κ1) is 22.8. The number of nitrogens with one attached hydrogen (secondary N) is 2. The molecule has 1 aliphatic carbocycles. The van der Waals surface area contributed by atoms with E-state index in [1.807, 2.05) is 13.0 Å². The molecule has 3 aromatic rings. The Morgan fingerprint density at radius 3 is 2.73 bits per heavy atom. The van der Waals surface area contributed by atoms with Crippen molar-refractivity contribution in [2.75, 3.05) is 11.9 Å². The van der Waals surface area contributed by atoms with Crippen LogP contribution in [-0.2, 0) is 0 Å². The Balaban J connectivity index is 1.66. The summed E-state index contributed by atoms with van der Waals surface area (Å²) in [4.78, 5) is 29.3. The van der Waals surface area contributed by atoms with Crippen LogP contribution >= 0.6 is 11.6 Å². The summed E-state index contributed by atoms with van der Waals surface area (Å²) in [7, 11) is 0. The van der Waals surface area contributed by atoms with Gasteiger partial charge < -0.3 is 15.7 Å². The fourth-order valence-corrected chi connectivity index (χ4v) is 4.29. The van der Waals surface area contributed by atoms with E-state index in [1.54, 1.807) is 24.3 Å². The highest BCUT2D eigenvalue weighted by Gasteiger charge is 2.26. The number of halogens is 1. The molecule has 1 aromatic carbocycles. The van der Waals surface area contributed by atoms with E-state index < -0.39 is 5.91 Å². The third-order valence-corrected chi connectivity index (χ3v) is 6.06. The highest BCUT2D eigenvalue weighted by molar-refractivity contribution is 6.33. The maximum absolute atomic E-state index is 12.8. The summed E-state index contributed by atoms with van der Waals surface area (Å²) in [6.07, 6.45) is 6.56. The van der Waals surface area contributed by atoms with Crippen LogP contribution in [0.15, 0.2) is 42.6 Å². The second-order valence-electron chi connectivity index (χ2n) is 8.11. The van der Waals surface area contributed by atoms with E-state index in [0.29, 0.717) is 23.5 Å². The molecule has 0 saturated heterocycles. The number of pyridine rings is 1. The lowest BCUT2D eigenvalue weighted by Gasteiger charge is -2.11. The Morgan fingerprint density at radius 1 is 1.21 bits per heavy atom. The van der Waals surface area contributed by atoms with Gasteiger partial charge in [-0.3, -0.25) is 4.79 Å². The number of hydrogen-bond donors (Lipinski definition) is 3. The minimum Gasteiger partial charge on any atom is -0.507 e. The number of aromatic nitrogens is 3. The number of carbonyl (C=O) groups excluding carboxylic acids is 2. The van der Waals surface area contributed by atoms with E-state index >= 15 is 0 Å². The van der Waals surface area contributed by atoms with Crippen molar-refractivity contribution >= 4 is 29.2 Å². The number of carbonyl (C=O) groups is 2. The molecule has 2 amide bonds. The molecule has 0 spiro atoms. The van der Waals surface area contributed by atoms with Gasteiger partial charge in [-0.1, -0.05) is 31.4 Å². The van der Waals surface area contributed by atoms with Crippen molar-refractivity contribution in [1.29, 1.82) is 0 Å². The largest absolute Gasteiger partial charge is 0.507 e. The number of phenolic OH excluding ortho intramolecular Hbond substituents is 1. The maximum atomic E-state index is 12.8. The minimum absolute atomic E-state index is 0.00370. The van der Waals surface area contributed by atoms with Crippen molar-refractivity contribution in [3.05, 3.63) is 59.0 Å². The summed E-state index contributed by atoms with van der Waals surface area (Å²) in [6, 6.07) is 9.50. The van der Waals surface area contributed by atoms with Crippen molar-refractivity contribution in [3.63, 3.8) is 0 Å². The molecule has 2 aromatic heterocycles. The molecule has 8 nitrogen and oxygen atoms in total. The van der Waals surface area contributed by atoms with Gasteiger partial charge >= 0.3 is 6.03 Å². The first-order valence-electron chi connectivity index (χ1n) is 11.1. The molecule has 172 valence electrons. The number of amides is 2. The van der Waals surface area contributed by atoms with E-state index in [-0.39, 0.29) is 28.4 Å². The van der Waals surface area contributed by atoms with E-state index in [9.17, 15) is 14.7 Å². The molecule has 4 rings (SSSR count). The summed E-state index contributed by atoms with van der Waals surface area (Å²) in [5.74, 6) is -0.166. The number of phenols is 1. The van der Waals surface area contributed by atoms with Gasteiger partial charge in [0.15, 0.2) is 0 Å². The monoisotopic (exact) mass is 467 g/mol. The number of anilines is 1. The summed E-state index contributed by atoms with van der Waals surface area (Å²) in [6.45, 7) is 2.55. The third-order valence-electron chi connectivity index (χ3n) is 5.76. The SMILES string of the molecule is CCCNC(=O)n1nc(-c2cc(NC(=O)c3cccnc3Cl)ccc2O)cc1C1CCCC1. The van der Waals surface area contributed by atoms with Crippen LogP contribution in [0.2, 0.25) is 5.15 Å². The second-order valence-corrected chi connectivity index (χ2v) is 8.47. The molecule has 0 atom stereocenters. The van der Waals surface area contributed by atoms with Gasteiger partial charge in [0.2, 0.25) is 0 Å². The van der Waals surface area contributed by atoms with Crippen LogP contribution in [0.5, 0.6) is 5.75 Å². The fraction of sp³-hybridized carbons (Fsp3) is 0.333. The van der Waals surface area contributed by atoms with Crippen molar-refractivity contribution in [2.45, 2.75) is 44.9 Å². The fourth-order valence-electron chi connectivity index (χ4n) is 4.08. The summed E-state index contributed by atoms with van der Waals surface area (Å²) >= 11 is 6.02. The van der Waals surface area contributed by atoms with Gasteiger partial charge in [0.25, 0.3) is 5.91 Å². The predicted octanol–water partition coefficient (Wildman–Crippen LogP) is 5.18. The molecule has 1 aliphatic rings. The smallest absolute Gasteiger partial charge is 0.342 e. The lowest BCUT2D eigenvalue weighted by atomic mass is 10.0. The molecular formula is C24H26ClN5O3. The summed E-state index contributed by atoms with van der Waals surface area (Å²) < 4.78 is 1.42. The lowest BCUT2D eigenvalue weighted by molar-refractivity contribution is 0.102. The van der Waals surface area contributed by atoms with Crippen LogP contribution < -0.4 is 10.6 Å². The molecule has 1 saturated carbocycles. The number of benzene rings is 1. The van der Waals surface area contributed by atoms with Crippen molar-refractivity contribution in [1.82, 2.24) is 20.1 Å². The molecule has 2 heterocycles. The Morgan fingerprint density at radius 2 is 2.00 bits per heavy atom. The van der Waals surface area contributed by atoms with Gasteiger partial charge in [-0.25, -0.2) is 9.78 Å². The first-order chi connectivity index (χ1) is 16.0. The molecule has 0 unspecified atom stereocenters. The van der Waals surface area contributed by atoms with Crippen molar-refractivity contribution in [2.24, 2.45) is 0 Å². The molecule has 0 radical (unpaired) electrons. The quantitative estimate of drug-likeness (QED) is 0.341. The highest BCUT2D eigenvalue weighted by Crippen LogP contribution is 2.38. The summed E-state index contributed by atoms with van der Waals surface area (Å²) in [5.41, 5.74) is 2.43. The Kier molecular flexibility index (Phi) is 6.93. The molecule has 33 heavy (non-hydrogen) atoms. The zero-order valence-corrected chi connectivity index (χ0v) is 19.1. The lowest BCUT2D eigenvalue weighted by Crippen LogP contribution is -2.31. The van der Waals surface area contributed by atoms with Crippen LogP contribution in [-0.4, -0.2) is 38.4 Å². The molecule has 0 bridgehead atoms. The molecular weight excluding hydrogens is 442 g/mol. The first-order valence-corrected chi connectivity index (χ1v) is 11.5. The Hall–Kier alpha value is -3.39. The number of aromatic hydroxyl groups is 1. The highest BCUT2D eigenvalue weighted by atomic mass is 35.5. The molecule has 1 fully saturated rings. The maximum Gasteiger partial charge on any atom is 0.342 e. The van der Waals surface area contributed by atoms with Gasteiger partial charge in [0, 0.05) is 29.9 Å². The molecule has 3 N–H and O–H groups in total. The van der Waals surface area contributed by atoms with Crippen molar-refractivity contribution in [3.8, 4) is 17.0 Å². The van der Waals surface area contributed by atoms with E-state index in [2.05, 4.69) is 20.7 Å². The third kappa shape index (κ3) is 5.01. The van der Waals surface area contributed by atoms with E-state index in [1.165, 1.54) is 16.9 Å². The molecule has 0 aliphatic heterocycles. The number of hydrogen-bond acceptors (Lipinski definition) is 5. The van der Waals surface area contributed by atoms with Crippen LogP contribution in [0.4, 0.5) is 10.5 Å². The van der Waals surface area contributed by atoms with E-state index in [0.717, 1.165) is 37.8 Å². The average molecular weight is 468 g/mol. The summed E-state index contributed by atoms with van der Waals surface area (Å²) in [5, 5.41) is 20.8. The van der Waals surface area contributed by atoms with Gasteiger partial charge in [-0.15, -0.1) is 0 Å². The van der Waals surface area contributed by atoms with Crippen LogP contribution in [0, 0.1) is 0 Å². The van der Waals surface area contributed by atoms with Crippen LogP contribution in [0.25, 0.3) is 11.3 Å². The van der Waals surface area contributed by atoms with E-state index in [4.69, 9.17) is 11.6 Å². The zero-order chi connectivity index (χ0) is 23.4. The van der Waals surface area contributed by atoms with Crippen molar-refractivity contribution < 1.29 is 14.7 Å². The predicted molar refractivity (Wildman–Crippen MR) is 127 cm³/mol.